The summed E-state index contributed by atoms with van der Waals surface area (Å²) in [5, 5.41) is 9.67. The molecule has 2 aliphatic heterocycles. The van der Waals surface area contributed by atoms with Crippen molar-refractivity contribution >= 4 is 22.7 Å². The maximum Gasteiger partial charge on any atom is 0.256 e. The lowest BCUT2D eigenvalue weighted by molar-refractivity contribution is -0.135. The van der Waals surface area contributed by atoms with Gasteiger partial charge in [-0.25, -0.2) is 0 Å². The molecule has 6 rings (SSSR count). The molecule has 1 saturated carbocycles. The van der Waals surface area contributed by atoms with E-state index < -0.39 is 0 Å². The highest BCUT2D eigenvalue weighted by molar-refractivity contribution is 6.10. The summed E-state index contributed by atoms with van der Waals surface area (Å²) in [4.78, 5) is 35.5. The van der Waals surface area contributed by atoms with Gasteiger partial charge < -0.3 is 9.80 Å². The SMILES string of the molecule is O=C(CN1CCN(C(=O)c2c(-c3ccccc3)nnc3ccccc23)CC1)N1CCN(C2CCC2)CC1. The summed E-state index contributed by atoms with van der Waals surface area (Å²) < 4.78 is 0. The van der Waals surface area contributed by atoms with Crippen LogP contribution in [0.3, 0.4) is 0 Å². The number of piperazine rings is 2. The highest BCUT2D eigenvalue weighted by atomic mass is 16.2. The lowest BCUT2D eigenvalue weighted by Gasteiger charge is -2.43. The summed E-state index contributed by atoms with van der Waals surface area (Å²) in [5.41, 5.74) is 2.81. The molecule has 0 bridgehead atoms. The van der Waals surface area contributed by atoms with Gasteiger partial charge in [-0.05, 0) is 18.9 Å². The van der Waals surface area contributed by atoms with Crippen molar-refractivity contribution in [2.24, 2.45) is 0 Å². The van der Waals surface area contributed by atoms with Crippen LogP contribution in [0.5, 0.6) is 0 Å². The van der Waals surface area contributed by atoms with E-state index in [9.17, 15) is 9.59 Å². The van der Waals surface area contributed by atoms with Crippen LogP contribution in [-0.2, 0) is 4.79 Å². The zero-order valence-corrected chi connectivity index (χ0v) is 21.3. The third-order valence-corrected chi connectivity index (χ3v) is 8.21. The maximum atomic E-state index is 13.9. The molecule has 2 aromatic carbocycles. The van der Waals surface area contributed by atoms with E-state index in [4.69, 9.17) is 0 Å². The molecule has 8 heteroatoms. The summed E-state index contributed by atoms with van der Waals surface area (Å²) in [6.07, 6.45) is 3.98. The molecule has 0 atom stereocenters. The van der Waals surface area contributed by atoms with E-state index in [-0.39, 0.29) is 11.8 Å². The van der Waals surface area contributed by atoms with E-state index in [0.29, 0.717) is 49.5 Å². The van der Waals surface area contributed by atoms with Crippen molar-refractivity contribution in [2.45, 2.75) is 25.3 Å². The number of aromatic nitrogens is 2. The first-order valence-corrected chi connectivity index (χ1v) is 13.5. The quantitative estimate of drug-likeness (QED) is 0.539. The van der Waals surface area contributed by atoms with Gasteiger partial charge in [0.2, 0.25) is 5.91 Å². The van der Waals surface area contributed by atoms with Gasteiger partial charge in [0.05, 0.1) is 17.6 Å². The van der Waals surface area contributed by atoms with Crippen LogP contribution < -0.4 is 0 Å². The van der Waals surface area contributed by atoms with Crippen LogP contribution in [-0.4, -0.2) is 107 Å². The molecule has 37 heavy (non-hydrogen) atoms. The normalized spacial score (nSPS) is 19.7. The van der Waals surface area contributed by atoms with Gasteiger partial charge in [0, 0.05) is 69.3 Å². The molecule has 2 amide bonds. The second kappa shape index (κ2) is 10.6. The van der Waals surface area contributed by atoms with Crippen LogP contribution in [0.2, 0.25) is 0 Å². The summed E-state index contributed by atoms with van der Waals surface area (Å²) in [7, 11) is 0. The average molecular weight is 499 g/mol. The second-order valence-corrected chi connectivity index (χ2v) is 10.4. The summed E-state index contributed by atoms with van der Waals surface area (Å²) in [5.74, 6) is 0.187. The summed E-state index contributed by atoms with van der Waals surface area (Å²) >= 11 is 0. The standard InChI is InChI=1S/C29H34N6O2/c36-26(34-19-17-33(18-20-34)23-9-6-10-23)21-32-13-15-35(16-14-32)29(37)27-24-11-4-5-12-25(24)30-31-28(27)22-7-2-1-3-8-22/h1-5,7-8,11-12,23H,6,9-10,13-21H2. The smallest absolute Gasteiger partial charge is 0.256 e. The van der Waals surface area contributed by atoms with Crippen molar-refractivity contribution in [3.05, 3.63) is 60.2 Å². The van der Waals surface area contributed by atoms with E-state index in [1.165, 1.54) is 19.3 Å². The van der Waals surface area contributed by atoms with Crippen LogP contribution in [0.25, 0.3) is 22.2 Å². The molecular formula is C29H34N6O2. The van der Waals surface area contributed by atoms with E-state index in [1.54, 1.807) is 0 Å². The molecule has 0 spiro atoms. The van der Waals surface area contributed by atoms with E-state index in [1.807, 2.05) is 64.4 Å². The van der Waals surface area contributed by atoms with Crippen LogP contribution in [0.1, 0.15) is 29.6 Å². The predicted molar refractivity (Wildman–Crippen MR) is 143 cm³/mol. The fraction of sp³-hybridized carbons (Fsp3) is 0.448. The van der Waals surface area contributed by atoms with Gasteiger partial charge in [0.1, 0.15) is 5.69 Å². The predicted octanol–water partition coefficient (Wildman–Crippen LogP) is 2.75. The monoisotopic (exact) mass is 498 g/mol. The Balaban J connectivity index is 1.11. The van der Waals surface area contributed by atoms with Crippen LogP contribution in [0.4, 0.5) is 0 Å². The fourth-order valence-corrected chi connectivity index (χ4v) is 5.72. The number of hydrogen-bond acceptors (Lipinski definition) is 6. The number of carbonyl (C=O) groups is 2. The first kappa shape index (κ1) is 24.0. The van der Waals surface area contributed by atoms with Gasteiger partial charge in [-0.15, -0.1) is 10.2 Å². The Labute approximate surface area is 217 Å². The molecule has 8 nitrogen and oxygen atoms in total. The number of rotatable bonds is 5. The molecule has 3 heterocycles. The number of nitrogens with zero attached hydrogens (tertiary/aromatic N) is 6. The van der Waals surface area contributed by atoms with Crippen molar-refractivity contribution in [1.82, 2.24) is 29.8 Å². The number of hydrogen-bond donors (Lipinski definition) is 0. The molecule has 2 saturated heterocycles. The second-order valence-electron chi connectivity index (χ2n) is 10.4. The van der Waals surface area contributed by atoms with Gasteiger partial charge in [0.25, 0.3) is 5.91 Å². The average Bonchev–Trinajstić information content (AvgIpc) is 2.92. The topological polar surface area (TPSA) is 72.9 Å². The molecule has 1 aromatic heterocycles. The minimum atomic E-state index is -0.0250. The lowest BCUT2D eigenvalue weighted by Crippen LogP contribution is -2.56. The minimum absolute atomic E-state index is 0.0250. The Kier molecular flexibility index (Phi) is 6.85. The van der Waals surface area contributed by atoms with Crippen molar-refractivity contribution < 1.29 is 9.59 Å². The van der Waals surface area contributed by atoms with Crippen LogP contribution >= 0.6 is 0 Å². The molecule has 3 aromatic rings. The minimum Gasteiger partial charge on any atom is -0.339 e. The molecule has 3 aliphatic rings. The third kappa shape index (κ3) is 4.95. The number of fused-ring (bicyclic) bond motifs is 1. The largest absolute Gasteiger partial charge is 0.339 e. The summed E-state index contributed by atoms with van der Waals surface area (Å²) in [6, 6.07) is 18.2. The van der Waals surface area contributed by atoms with Crippen molar-refractivity contribution in [1.29, 1.82) is 0 Å². The molecular weight excluding hydrogens is 464 g/mol. The highest BCUT2D eigenvalue weighted by Crippen LogP contribution is 2.29. The Morgan fingerprint density at radius 3 is 2.14 bits per heavy atom. The Morgan fingerprint density at radius 1 is 0.757 bits per heavy atom. The van der Waals surface area contributed by atoms with Crippen molar-refractivity contribution in [2.75, 3.05) is 58.9 Å². The third-order valence-electron chi connectivity index (χ3n) is 8.21. The van der Waals surface area contributed by atoms with Crippen molar-refractivity contribution in [3.8, 4) is 11.3 Å². The van der Waals surface area contributed by atoms with Gasteiger partial charge in [-0.2, -0.15) is 0 Å². The van der Waals surface area contributed by atoms with Crippen LogP contribution in [0, 0.1) is 0 Å². The Morgan fingerprint density at radius 2 is 1.43 bits per heavy atom. The number of carbonyl (C=O) groups excluding carboxylic acids is 2. The Bertz CT molecular complexity index is 1260. The molecule has 192 valence electrons. The van der Waals surface area contributed by atoms with Gasteiger partial charge >= 0.3 is 0 Å². The maximum absolute atomic E-state index is 13.9. The van der Waals surface area contributed by atoms with Gasteiger partial charge in [-0.3, -0.25) is 19.4 Å². The number of amides is 2. The van der Waals surface area contributed by atoms with Gasteiger partial charge in [0.15, 0.2) is 0 Å². The zero-order chi connectivity index (χ0) is 25.2. The molecule has 0 unspecified atom stereocenters. The first-order valence-electron chi connectivity index (χ1n) is 13.5. The van der Waals surface area contributed by atoms with E-state index in [2.05, 4.69) is 20.0 Å². The Hall–Kier alpha value is -3.36. The van der Waals surface area contributed by atoms with E-state index in [0.717, 1.165) is 43.2 Å². The summed E-state index contributed by atoms with van der Waals surface area (Å²) in [6.45, 7) is 6.65. The molecule has 1 aliphatic carbocycles. The molecule has 0 radical (unpaired) electrons. The van der Waals surface area contributed by atoms with Crippen LogP contribution in [0.15, 0.2) is 54.6 Å². The molecule has 3 fully saturated rings. The fourth-order valence-electron chi connectivity index (χ4n) is 5.72. The van der Waals surface area contributed by atoms with Gasteiger partial charge in [-0.1, -0.05) is 55.0 Å². The first-order chi connectivity index (χ1) is 18.2. The highest BCUT2D eigenvalue weighted by Gasteiger charge is 2.31. The molecule has 0 N–H and O–H groups in total. The van der Waals surface area contributed by atoms with E-state index >= 15 is 0 Å². The zero-order valence-electron chi connectivity index (χ0n) is 21.3. The van der Waals surface area contributed by atoms with Crippen molar-refractivity contribution in [3.63, 3.8) is 0 Å². The lowest BCUT2D eigenvalue weighted by atomic mass is 9.91. The number of benzene rings is 2.